The number of aliphatic imine (C=N–C) groups is 1. The van der Waals surface area contributed by atoms with Crippen LogP contribution in [0.5, 0.6) is 0 Å². The molecule has 6 nitrogen and oxygen atoms in total. The van der Waals surface area contributed by atoms with Gasteiger partial charge in [0.25, 0.3) is 5.91 Å². The Labute approximate surface area is 157 Å². The Morgan fingerprint density at radius 3 is 2.76 bits per heavy atom. The van der Waals surface area contributed by atoms with Crippen molar-refractivity contribution < 1.29 is 15.0 Å². The van der Waals surface area contributed by atoms with Gasteiger partial charge in [-0.25, -0.2) is 4.99 Å². The first-order valence-corrected chi connectivity index (χ1v) is 8.78. The lowest BCUT2D eigenvalue weighted by Crippen LogP contribution is -2.53. The van der Waals surface area contributed by atoms with Crippen molar-refractivity contribution in [2.75, 3.05) is 0 Å². The normalized spacial score (nSPS) is 19.6. The third-order valence-corrected chi connectivity index (χ3v) is 5.15. The number of nitrogens with one attached hydrogen (secondary N) is 2. The number of nitrogens with zero attached hydrogens (tertiary/aromatic N) is 1. The van der Waals surface area contributed by atoms with E-state index in [9.17, 15) is 15.0 Å². The Morgan fingerprint density at radius 1 is 1.32 bits per heavy atom. The van der Waals surface area contributed by atoms with Crippen LogP contribution in [0.3, 0.4) is 0 Å². The van der Waals surface area contributed by atoms with Gasteiger partial charge in [0.1, 0.15) is 0 Å². The van der Waals surface area contributed by atoms with Gasteiger partial charge in [0.15, 0.2) is 5.76 Å². The molecule has 25 heavy (non-hydrogen) atoms. The molecule has 0 bridgehead atoms. The minimum Gasteiger partial charge on any atom is -0.502 e. The number of rotatable bonds is 4. The molecule has 1 atom stereocenters. The molecule has 1 aliphatic rings. The van der Waals surface area contributed by atoms with Crippen molar-refractivity contribution in [2.45, 2.75) is 12.2 Å². The molecule has 1 aliphatic heterocycles. The number of amides is 1. The highest BCUT2D eigenvalue weighted by atomic mass is 35.5. The molecule has 4 N–H and O–H groups in total. The third-order valence-electron chi connectivity index (χ3n) is 3.58. The molecule has 2 heterocycles. The maximum absolute atomic E-state index is 12.9. The molecule has 1 aromatic heterocycles. The van der Waals surface area contributed by atoms with E-state index in [2.05, 4.69) is 15.6 Å². The summed E-state index contributed by atoms with van der Waals surface area (Å²) in [5, 5.41) is 27.4. The zero-order valence-corrected chi connectivity index (χ0v) is 15.0. The first kappa shape index (κ1) is 17.6. The lowest BCUT2D eigenvalue weighted by molar-refractivity contribution is -0.128. The van der Waals surface area contributed by atoms with Crippen LogP contribution in [0.2, 0.25) is 10.0 Å². The summed E-state index contributed by atoms with van der Waals surface area (Å²) in [5.74, 6) is -1.47. The van der Waals surface area contributed by atoms with E-state index in [1.54, 1.807) is 35.7 Å². The number of hydrogen-bond donors (Lipinski definition) is 4. The first-order chi connectivity index (χ1) is 11.9. The fourth-order valence-corrected chi connectivity index (χ4v) is 3.60. The molecule has 0 saturated heterocycles. The second-order valence-corrected chi connectivity index (χ2v) is 7.01. The topological polar surface area (TPSA) is 94.0 Å². The van der Waals surface area contributed by atoms with Gasteiger partial charge in [-0.1, -0.05) is 35.3 Å². The van der Waals surface area contributed by atoms with Crippen LogP contribution in [0, 0.1) is 0 Å². The average Bonchev–Trinajstić information content (AvgIpc) is 3.11. The number of thiophene rings is 1. The Balaban J connectivity index is 1.85. The Bertz CT molecular complexity index is 868. The number of carbonyl (C=O) groups excluding carboxylic acids is 1. The minimum atomic E-state index is -1.57. The van der Waals surface area contributed by atoms with E-state index in [1.807, 2.05) is 0 Å². The van der Waals surface area contributed by atoms with E-state index in [0.29, 0.717) is 20.5 Å². The summed E-state index contributed by atoms with van der Waals surface area (Å²) in [6, 6.07) is 8.44. The van der Waals surface area contributed by atoms with Crippen molar-refractivity contribution in [3.63, 3.8) is 0 Å². The van der Waals surface area contributed by atoms with Gasteiger partial charge in [-0.3, -0.25) is 4.79 Å². The highest BCUT2D eigenvalue weighted by Gasteiger charge is 2.43. The van der Waals surface area contributed by atoms with Crippen LogP contribution in [0.15, 0.2) is 52.3 Å². The maximum Gasteiger partial charge on any atom is 0.274 e. The number of allylic oxidation sites excluding steroid dienone is 1. The van der Waals surface area contributed by atoms with E-state index in [4.69, 9.17) is 23.2 Å². The van der Waals surface area contributed by atoms with Crippen LogP contribution in [0.4, 0.5) is 0 Å². The van der Waals surface area contributed by atoms with Gasteiger partial charge in [0.05, 0.1) is 11.1 Å². The van der Waals surface area contributed by atoms with Gasteiger partial charge in [0, 0.05) is 16.6 Å². The Kier molecular flexibility index (Phi) is 4.89. The highest BCUT2D eigenvalue weighted by Crippen LogP contribution is 2.31. The molecule has 0 fully saturated rings. The summed E-state index contributed by atoms with van der Waals surface area (Å²) in [6.45, 7) is 0.148. The van der Waals surface area contributed by atoms with Crippen molar-refractivity contribution in [3.05, 3.63) is 67.8 Å². The molecule has 1 amide bonds. The molecule has 9 heteroatoms. The Hall–Kier alpha value is -2.22. The lowest BCUT2D eigenvalue weighted by Gasteiger charge is -2.31. The third kappa shape index (κ3) is 3.44. The van der Waals surface area contributed by atoms with Crippen molar-refractivity contribution >= 4 is 46.7 Å². The first-order valence-electron chi connectivity index (χ1n) is 7.14. The molecule has 0 radical (unpaired) electrons. The van der Waals surface area contributed by atoms with Crippen molar-refractivity contribution in [3.8, 4) is 0 Å². The van der Waals surface area contributed by atoms with Gasteiger partial charge in [-0.2, -0.15) is 0 Å². The smallest absolute Gasteiger partial charge is 0.274 e. The molecule has 2 aromatic rings. The van der Waals surface area contributed by atoms with Crippen LogP contribution in [0.1, 0.15) is 10.4 Å². The number of aliphatic hydroxyl groups is 2. The number of aliphatic hydroxyl groups excluding tert-OH is 2. The molecule has 0 spiro atoms. The molecule has 3 rings (SSSR count). The lowest BCUT2D eigenvalue weighted by atomic mass is 10.1. The molecule has 130 valence electrons. The standard InChI is InChI=1S/C16H13Cl2N3O3S/c17-10-4-3-9(11(18)6-10)7-19-15(24)16(13-2-1-5-25-13)20-8-12(22)14(23)21-16/h1-6,8,21-23H,7H2,(H,19,24). The van der Waals surface area contributed by atoms with Gasteiger partial charge >= 0.3 is 0 Å². The van der Waals surface area contributed by atoms with E-state index in [1.165, 1.54) is 11.3 Å². The van der Waals surface area contributed by atoms with Crippen LogP contribution in [-0.4, -0.2) is 22.3 Å². The fraction of sp³-hybridized carbons (Fsp3) is 0.125. The second kappa shape index (κ2) is 6.95. The summed E-state index contributed by atoms with van der Waals surface area (Å²) in [7, 11) is 0. The van der Waals surface area contributed by atoms with E-state index in [0.717, 1.165) is 6.21 Å². The van der Waals surface area contributed by atoms with Crippen LogP contribution < -0.4 is 10.6 Å². The number of benzene rings is 1. The van der Waals surface area contributed by atoms with Crippen molar-refractivity contribution in [2.24, 2.45) is 4.99 Å². The maximum atomic E-state index is 12.9. The van der Waals surface area contributed by atoms with Crippen molar-refractivity contribution in [1.29, 1.82) is 0 Å². The van der Waals surface area contributed by atoms with Gasteiger partial charge in [0.2, 0.25) is 11.5 Å². The monoisotopic (exact) mass is 397 g/mol. The SMILES string of the molecule is O=C(NCc1ccc(Cl)cc1Cl)C1(c2cccs2)N=CC(O)=C(O)N1. The number of hydrogen-bond acceptors (Lipinski definition) is 6. The average molecular weight is 398 g/mol. The van der Waals surface area contributed by atoms with Crippen molar-refractivity contribution in [1.82, 2.24) is 10.6 Å². The quantitative estimate of drug-likeness (QED) is 0.634. The summed E-state index contributed by atoms with van der Waals surface area (Å²) in [5.41, 5.74) is -0.883. The predicted octanol–water partition coefficient (Wildman–Crippen LogP) is 3.48. The van der Waals surface area contributed by atoms with Crippen LogP contribution in [-0.2, 0) is 17.0 Å². The highest BCUT2D eigenvalue weighted by molar-refractivity contribution is 7.10. The minimum absolute atomic E-state index is 0.148. The molecular formula is C16H13Cl2N3O3S. The van der Waals surface area contributed by atoms with Gasteiger partial charge in [-0.05, 0) is 29.1 Å². The molecular weight excluding hydrogens is 385 g/mol. The zero-order chi connectivity index (χ0) is 18.0. The van der Waals surface area contributed by atoms with E-state index >= 15 is 0 Å². The predicted molar refractivity (Wildman–Crippen MR) is 98.2 cm³/mol. The van der Waals surface area contributed by atoms with Crippen LogP contribution >= 0.6 is 34.5 Å². The largest absolute Gasteiger partial charge is 0.502 e. The van der Waals surface area contributed by atoms with Gasteiger partial charge < -0.3 is 20.8 Å². The Morgan fingerprint density at radius 2 is 2.12 bits per heavy atom. The summed E-state index contributed by atoms with van der Waals surface area (Å²) >= 11 is 13.3. The number of carbonyl (C=O) groups is 1. The molecule has 0 saturated carbocycles. The molecule has 1 unspecified atom stereocenters. The van der Waals surface area contributed by atoms with E-state index < -0.39 is 23.2 Å². The summed E-state index contributed by atoms with van der Waals surface area (Å²) in [4.78, 5) is 17.5. The number of halogens is 2. The fourth-order valence-electron chi connectivity index (χ4n) is 2.29. The zero-order valence-electron chi connectivity index (χ0n) is 12.7. The second-order valence-electron chi connectivity index (χ2n) is 5.22. The molecule has 0 aliphatic carbocycles. The van der Waals surface area contributed by atoms with Gasteiger partial charge in [-0.15, -0.1) is 11.3 Å². The molecule has 1 aromatic carbocycles. The van der Waals surface area contributed by atoms with E-state index in [-0.39, 0.29) is 6.54 Å². The van der Waals surface area contributed by atoms with Crippen LogP contribution in [0.25, 0.3) is 0 Å². The summed E-state index contributed by atoms with van der Waals surface area (Å²) < 4.78 is 0. The summed E-state index contributed by atoms with van der Waals surface area (Å²) in [6.07, 6.45) is 1.04.